The Hall–Kier alpha value is -2.87. The van der Waals surface area contributed by atoms with E-state index in [1.165, 1.54) is 25.1 Å². The third kappa shape index (κ3) is 4.46. The quantitative estimate of drug-likeness (QED) is 0.642. The number of nitrogens with zero attached hydrogens (tertiary/aromatic N) is 2. The lowest BCUT2D eigenvalue weighted by molar-refractivity contribution is -0.121. The summed E-state index contributed by atoms with van der Waals surface area (Å²) in [5.41, 5.74) is 0.377. The van der Waals surface area contributed by atoms with E-state index in [4.69, 9.17) is 9.47 Å². The van der Waals surface area contributed by atoms with Gasteiger partial charge in [0, 0.05) is 23.9 Å². The number of carbonyl (C=O) groups excluding carboxylic acids is 1. The number of hydrogen-bond donors (Lipinski definition) is 1. The molecule has 0 saturated heterocycles. The lowest BCUT2D eigenvalue weighted by atomic mass is 10.2. The molecule has 0 spiro atoms. The fourth-order valence-corrected chi connectivity index (χ4v) is 3.39. The van der Waals surface area contributed by atoms with Gasteiger partial charge in [0.15, 0.2) is 11.5 Å². The predicted molar refractivity (Wildman–Crippen MR) is 105 cm³/mol. The van der Waals surface area contributed by atoms with E-state index in [0.29, 0.717) is 48.3 Å². The highest BCUT2D eigenvalue weighted by molar-refractivity contribution is 7.09. The normalized spacial score (nSPS) is 10.7. The van der Waals surface area contributed by atoms with Crippen molar-refractivity contribution >= 4 is 28.1 Å². The number of aryl methyl sites for hydroxylation is 1. The topological polar surface area (TPSA) is 82.5 Å². The van der Waals surface area contributed by atoms with Gasteiger partial charge in [-0.05, 0) is 23.9 Å². The molecular weight excluding hydrogens is 366 g/mol. The minimum Gasteiger partial charge on any atom is -0.493 e. The van der Waals surface area contributed by atoms with Crippen molar-refractivity contribution in [1.82, 2.24) is 14.9 Å². The van der Waals surface area contributed by atoms with Gasteiger partial charge in [0.25, 0.3) is 5.56 Å². The molecule has 0 aliphatic rings. The molecule has 2 heterocycles. The number of rotatable bonds is 8. The molecule has 7 nitrogen and oxygen atoms in total. The first kappa shape index (κ1) is 18.9. The van der Waals surface area contributed by atoms with E-state index >= 15 is 0 Å². The molecule has 0 bridgehead atoms. The summed E-state index contributed by atoms with van der Waals surface area (Å²) in [4.78, 5) is 30.1. The van der Waals surface area contributed by atoms with Crippen LogP contribution in [0.2, 0.25) is 0 Å². The average Bonchev–Trinajstić information content (AvgIpc) is 3.21. The van der Waals surface area contributed by atoms with Crippen molar-refractivity contribution in [2.75, 3.05) is 14.2 Å². The maximum Gasteiger partial charge on any atom is 0.261 e. The second kappa shape index (κ2) is 8.68. The van der Waals surface area contributed by atoms with Crippen LogP contribution in [-0.2, 0) is 17.9 Å². The molecule has 1 N–H and O–H groups in total. The maximum atomic E-state index is 12.7. The van der Waals surface area contributed by atoms with E-state index in [1.807, 2.05) is 17.5 Å². The minimum atomic E-state index is -0.167. The summed E-state index contributed by atoms with van der Waals surface area (Å²) < 4.78 is 12.0. The monoisotopic (exact) mass is 387 g/mol. The Balaban J connectivity index is 1.64. The Morgan fingerprint density at radius 3 is 2.74 bits per heavy atom. The summed E-state index contributed by atoms with van der Waals surface area (Å²) in [5, 5.41) is 5.31. The van der Waals surface area contributed by atoms with Gasteiger partial charge in [0.1, 0.15) is 0 Å². The third-order valence-corrected chi connectivity index (χ3v) is 5.05. The number of ether oxygens (including phenoxy) is 2. The molecule has 3 rings (SSSR count). The van der Waals surface area contributed by atoms with Gasteiger partial charge < -0.3 is 14.8 Å². The van der Waals surface area contributed by atoms with Gasteiger partial charge in [-0.25, -0.2) is 4.98 Å². The zero-order chi connectivity index (χ0) is 19.2. The molecule has 1 aromatic carbocycles. The number of benzene rings is 1. The van der Waals surface area contributed by atoms with Crippen molar-refractivity contribution in [3.05, 3.63) is 51.2 Å². The van der Waals surface area contributed by atoms with E-state index in [1.54, 1.807) is 23.5 Å². The van der Waals surface area contributed by atoms with Crippen molar-refractivity contribution in [2.24, 2.45) is 0 Å². The smallest absolute Gasteiger partial charge is 0.261 e. The molecule has 1 amide bonds. The molecule has 0 saturated carbocycles. The zero-order valence-electron chi connectivity index (χ0n) is 15.2. The van der Waals surface area contributed by atoms with E-state index in [9.17, 15) is 9.59 Å². The summed E-state index contributed by atoms with van der Waals surface area (Å²) >= 11 is 1.61. The van der Waals surface area contributed by atoms with Crippen LogP contribution in [0.4, 0.5) is 0 Å². The Bertz CT molecular complexity index is 983. The van der Waals surface area contributed by atoms with Crippen molar-refractivity contribution < 1.29 is 14.3 Å². The maximum absolute atomic E-state index is 12.7. The third-order valence-electron chi connectivity index (χ3n) is 4.17. The largest absolute Gasteiger partial charge is 0.493 e. The Morgan fingerprint density at radius 1 is 1.26 bits per heavy atom. The highest BCUT2D eigenvalue weighted by atomic mass is 32.1. The van der Waals surface area contributed by atoms with Gasteiger partial charge in [-0.15, -0.1) is 11.3 Å². The van der Waals surface area contributed by atoms with Crippen LogP contribution in [0.3, 0.4) is 0 Å². The SMILES string of the molecule is COc1cc2ncn(CCCC(=O)NCc3cccs3)c(=O)c2cc1OC. The zero-order valence-corrected chi connectivity index (χ0v) is 16.0. The molecular formula is C19H21N3O4S. The van der Waals surface area contributed by atoms with Gasteiger partial charge in [-0.1, -0.05) is 6.07 Å². The van der Waals surface area contributed by atoms with Gasteiger partial charge >= 0.3 is 0 Å². The van der Waals surface area contributed by atoms with Crippen molar-refractivity contribution in [3.63, 3.8) is 0 Å². The first-order valence-corrected chi connectivity index (χ1v) is 9.40. The molecule has 27 heavy (non-hydrogen) atoms. The molecule has 0 radical (unpaired) electrons. The van der Waals surface area contributed by atoms with E-state index < -0.39 is 0 Å². The molecule has 0 fully saturated rings. The molecule has 3 aromatic rings. The van der Waals surface area contributed by atoms with Crippen LogP contribution in [0, 0.1) is 0 Å². The molecule has 0 aliphatic heterocycles. The summed E-state index contributed by atoms with van der Waals surface area (Å²) in [6, 6.07) is 7.25. The fraction of sp³-hybridized carbons (Fsp3) is 0.316. The van der Waals surface area contributed by atoms with Crippen LogP contribution >= 0.6 is 11.3 Å². The Kier molecular flexibility index (Phi) is 6.08. The number of methoxy groups -OCH3 is 2. The van der Waals surface area contributed by atoms with E-state index in [0.717, 1.165) is 4.88 Å². The lowest BCUT2D eigenvalue weighted by Crippen LogP contribution is -2.24. The van der Waals surface area contributed by atoms with Crippen LogP contribution < -0.4 is 20.3 Å². The second-order valence-electron chi connectivity index (χ2n) is 5.93. The fourth-order valence-electron chi connectivity index (χ4n) is 2.74. The number of fused-ring (bicyclic) bond motifs is 1. The van der Waals surface area contributed by atoms with Crippen LogP contribution in [0.5, 0.6) is 11.5 Å². The highest BCUT2D eigenvalue weighted by Gasteiger charge is 2.11. The number of thiophene rings is 1. The molecule has 0 aliphatic carbocycles. The molecule has 142 valence electrons. The average molecular weight is 387 g/mol. The number of hydrogen-bond acceptors (Lipinski definition) is 6. The summed E-state index contributed by atoms with van der Waals surface area (Å²) in [5.74, 6) is 0.975. The molecule has 2 aromatic heterocycles. The molecule has 0 unspecified atom stereocenters. The number of nitrogens with one attached hydrogen (secondary N) is 1. The first-order valence-electron chi connectivity index (χ1n) is 8.52. The van der Waals surface area contributed by atoms with Crippen LogP contribution in [0.25, 0.3) is 10.9 Å². The van der Waals surface area contributed by atoms with Crippen LogP contribution in [0.15, 0.2) is 40.8 Å². The van der Waals surface area contributed by atoms with Crippen molar-refractivity contribution in [3.8, 4) is 11.5 Å². The summed E-state index contributed by atoms with van der Waals surface area (Å²) in [6.45, 7) is 0.956. The van der Waals surface area contributed by atoms with Crippen molar-refractivity contribution in [2.45, 2.75) is 25.9 Å². The van der Waals surface area contributed by atoms with E-state index in [2.05, 4.69) is 10.3 Å². The van der Waals surface area contributed by atoms with E-state index in [-0.39, 0.29) is 11.5 Å². The number of carbonyl (C=O) groups is 1. The number of aromatic nitrogens is 2. The van der Waals surface area contributed by atoms with Gasteiger partial charge in [0.05, 0.1) is 38.0 Å². The summed E-state index contributed by atoms with van der Waals surface area (Å²) in [6.07, 6.45) is 2.40. The standard InChI is InChI=1S/C19H21N3O4S/c1-25-16-9-14-15(10-17(16)26-2)21-12-22(19(14)24)7-3-6-18(23)20-11-13-5-4-8-27-13/h4-5,8-10,12H,3,6-7,11H2,1-2H3,(H,20,23). The number of amides is 1. The van der Waals surface area contributed by atoms with Crippen molar-refractivity contribution in [1.29, 1.82) is 0 Å². The minimum absolute atomic E-state index is 0.0309. The van der Waals surface area contributed by atoms with Gasteiger partial charge in [0.2, 0.25) is 5.91 Å². The lowest BCUT2D eigenvalue weighted by Gasteiger charge is -2.10. The Labute approximate surface area is 160 Å². The first-order chi connectivity index (χ1) is 13.1. The molecule has 0 atom stereocenters. The van der Waals surface area contributed by atoms with Crippen LogP contribution in [-0.4, -0.2) is 29.7 Å². The van der Waals surface area contributed by atoms with Gasteiger partial charge in [-0.2, -0.15) is 0 Å². The van der Waals surface area contributed by atoms with Gasteiger partial charge in [-0.3, -0.25) is 14.2 Å². The predicted octanol–water partition coefficient (Wildman–Crippen LogP) is 2.57. The van der Waals surface area contributed by atoms with Crippen LogP contribution in [0.1, 0.15) is 17.7 Å². The summed E-state index contributed by atoms with van der Waals surface area (Å²) in [7, 11) is 3.06. The molecule has 8 heteroatoms. The highest BCUT2D eigenvalue weighted by Crippen LogP contribution is 2.29. The second-order valence-corrected chi connectivity index (χ2v) is 6.96. The Morgan fingerprint density at radius 2 is 2.04 bits per heavy atom.